The van der Waals surface area contributed by atoms with Gasteiger partial charge in [0.15, 0.2) is 0 Å². The zero-order chi connectivity index (χ0) is 14.5. The predicted octanol–water partition coefficient (Wildman–Crippen LogP) is 2.68. The molecule has 0 amide bonds. The molecule has 3 nitrogen and oxygen atoms in total. The summed E-state index contributed by atoms with van der Waals surface area (Å²) in [6, 6.07) is 0. The second-order valence-corrected chi connectivity index (χ2v) is 6.47. The van der Waals surface area contributed by atoms with Gasteiger partial charge in [-0.2, -0.15) is 0 Å². The van der Waals surface area contributed by atoms with E-state index in [2.05, 4.69) is 50.1 Å². The fourth-order valence-electron chi connectivity index (χ4n) is 2.14. The van der Waals surface area contributed by atoms with Crippen LogP contribution in [0.2, 0.25) is 0 Å². The van der Waals surface area contributed by atoms with Crippen molar-refractivity contribution < 1.29 is 0 Å². The van der Waals surface area contributed by atoms with Crippen molar-refractivity contribution in [3.63, 3.8) is 0 Å². The SMILES string of the molecule is CC(C)CNCCCCCCN(C)CCCN(C)C. The van der Waals surface area contributed by atoms with Gasteiger partial charge in [0.25, 0.3) is 0 Å². The van der Waals surface area contributed by atoms with E-state index in [-0.39, 0.29) is 0 Å². The molecule has 19 heavy (non-hydrogen) atoms. The lowest BCUT2D eigenvalue weighted by atomic mass is 10.1. The van der Waals surface area contributed by atoms with Gasteiger partial charge in [0.05, 0.1) is 0 Å². The van der Waals surface area contributed by atoms with Gasteiger partial charge in [0, 0.05) is 0 Å². The predicted molar refractivity (Wildman–Crippen MR) is 86.8 cm³/mol. The Bertz CT molecular complexity index is 181. The third kappa shape index (κ3) is 15.8. The van der Waals surface area contributed by atoms with Gasteiger partial charge in [-0.1, -0.05) is 26.7 Å². The van der Waals surface area contributed by atoms with Crippen molar-refractivity contribution in [2.75, 3.05) is 53.9 Å². The number of nitrogens with one attached hydrogen (secondary N) is 1. The number of hydrogen-bond donors (Lipinski definition) is 1. The minimum Gasteiger partial charge on any atom is -0.316 e. The minimum absolute atomic E-state index is 0.774. The quantitative estimate of drug-likeness (QED) is 0.520. The summed E-state index contributed by atoms with van der Waals surface area (Å²) in [7, 11) is 6.54. The summed E-state index contributed by atoms with van der Waals surface area (Å²) in [6.45, 7) is 10.6. The van der Waals surface area contributed by atoms with Gasteiger partial charge < -0.3 is 15.1 Å². The highest BCUT2D eigenvalue weighted by atomic mass is 15.1. The molecule has 1 N–H and O–H groups in total. The fraction of sp³-hybridized carbons (Fsp3) is 1.00. The van der Waals surface area contributed by atoms with Gasteiger partial charge in [0.2, 0.25) is 0 Å². The Morgan fingerprint density at radius 1 is 0.789 bits per heavy atom. The Labute approximate surface area is 121 Å². The lowest BCUT2D eigenvalue weighted by molar-refractivity contribution is 0.294. The number of nitrogens with zero attached hydrogens (tertiary/aromatic N) is 2. The van der Waals surface area contributed by atoms with Crippen molar-refractivity contribution in [3.8, 4) is 0 Å². The van der Waals surface area contributed by atoms with Crippen LogP contribution in [0.5, 0.6) is 0 Å². The molecular weight excluding hydrogens is 234 g/mol. The average molecular weight is 271 g/mol. The van der Waals surface area contributed by atoms with Gasteiger partial charge >= 0.3 is 0 Å². The Morgan fingerprint density at radius 3 is 2.05 bits per heavy atom. The van der Waals surface area contributed by atoms with Crippen LogP contribution in [0.4, 0.5) is 0 Å². The molecule has 3 heteroatoms. The first-order valence-electron chi connectivity index (χ1n) is 8.06. The van der Waals surface area contributed by atoms with Crippen LogP contribution in [0.3, 0.4) is 0 Å². The van der Waals surface area contributed by atoms with E-state index in [9.17, 15) is 0 Å². The molecule has 0 aromatic heterocycles. The summed E-state index contributed by atoms with van der Waals surface area (Å²) in [6.07, 6.45) is 6.71. The minimum atomic E-state index is 0.774. The van der Waals surface area contributed by atoms with Crippen LogP contribution in [-0.2, 0) is 0 Å². The fourth-order valence-corrected chi connectivity index (χ4v) is 2.14. The highest BCUT2D eigenvalue weighted by Gasteiger charge is 1.99. The normalized spacial score (nSPS) is 12.0. The molecule has 0 radical (unpaired) electrons. The summed E-state index contributed by atoms with van der Waals surface area (Å²) in [4.78, 5) is 4.73. The Balaban J connectivity index is 3.16. The topological polar surface area (TPSA) is 18.5 Å². The van der Waals surface area contributed by atoms with E-state index in [1.54, 1.807) is 0 Å². The lowest BCUT2D eigenvalue weighted by Gasteiger charge is -2.17. The molecule has 0 saturated heterocycles. The van der Waals surface area contributed by atoms with E-state index in [4.69, 9.17) is 0 Å². The highest BCUT2D eigenvalue weighted by Crippen LogP contribution is 2.01. The van der Waals surface area contributed by atoms with Crippen LogP contribution >= 0.6 is 0 Å². The van der Waals surface area contributed by atoms with Crippen LogP contribution in [0.1, 0.15) is 46.0 Å². The average Bonchev–Trinajstić information content (AvgIpc) is 2.31. The molecule has 0 unspecified atom stereocenters. The van der Waals surface area contributed by atoms with Crippen LogP contribution in [0.25, 0.3) is 0 Å². The molecule has 0 rings (SSSR count). The Kier molecular flexibility index (Phi) is 12.8. The van der Waals surface area contributed by atoms with Crippen molar-refractivity contribution in [3.05, 3.63) is 0 Å². The van der Waals surface area contributed by atoms with E-state index >= 15 is 0 Å². The summed E-state index contributed by atoms with van der Waals surface area (Å²) in [5.74, 6) is 0.774. The van der Waals surface area contributed by atoms with Crippen molar-refractivity contribution in [2.45, 2.75) is 46.0 Å². The molecule has 0 aromatic rings. The highest BCUT2D eigenvalue weighted by molar-refractivity contribution is 4.56. The third-order valence-corrected chi connectivity index (χ3v) is 3.34. The molecule has 0 bridgehead atoms. The third-order valence-electron chi connectivity index (χ3n) is 3.34. The van der Waals surface area contributed by atoms with Crippen LogP contribution in [-0.4, -0.2) is 63.7 Å². The molecule has 0 atom stereocenters. The second-order valence-electron chi connectivity index (χ2n) is 6.47. The van der Waals surface area contributed by atoms with Crippen molar-refractivity contribution in [2.24, 2.45) is 5.92 Å². The molecule has 0 aliphatic heterocycles. The molecule has 0 aliphatic rings. The van der Waals surface area contributed by atoms with Gasteiger partial charge in [-0.25, -0.2) is 0 Å². The summed E-state index contributed by atoms with van der Waals surface area (Å²) in [5, 5.41) is 3.51. The Morgan fingerprint density at radius 2 is 1.42 bits per heavy atom. The summed E-state index contributed by atoms with van der Waals surface area (Å²) >= 11 is 0. The monoisotopic (exact) mass is 271 g/mol. The van der Waals surface area contributed by atoms with Gasteiger partial charge in [0.1, 0.15) is 0 Å². The first kappa shape index (κ1) is 18.9. The molecule has 0 fully saturated rings. The van der Waals surface area contributed by atoms with Gasteiger partial charge in [-0.05, 0) is 79.0 Å². The van der Waals surface area contributed by atoms with Gasteiger partial charge in [-0.3, -0.25) is 0 Å². The van der Waals surface area contributed by atoms with Crippen LogP contribution in [0.15, 0.2) is 0 Å². The van der Waals surface area contributed by atoms with E-state index in [1.807, 2.05) is 0 Å². The molecule has 0 heterocycles. The zero-order valence-corrected chi connectivity index (χ0v) is 14.0. The standard InChI is InChI=1S/C16H37N3/c1-16(2)15-17-11-8-6-7-9-13-19(5)14-10-12-18(3)4/h16-17H,6-15H2,1-5H3. The molecule has 0 aromatic carbocycles. The second kappa shape index (κ2) is 12.9. The molecule has 0 saturated carbocycles. The molecule has 0 aliphatic carbocycles. The lowest BCUT2D eigenvalue weighted by Crippen LogP contribution is -2.24. The van der Waals surface area contributed by atoms with E-state index < -0.39 is 0 Å². The van der Waals surface area contributed by atoms with E-state index in [0.29, 0.717) is 0 Å². The molecular formula is C16H37N3. The maximum absolute atomic E-state index is 3.51. The van der Waals surface area contributed by atoms with Crippen molar-refractivity contribution in [1.29, 1.82) is 0 Å². The maximum atomic E-state index is 3.51. The van der Waals surface area contributed by atoms with Gasteiger partial charge in [-0.15, -0.1) is 0 Å². The number of hydrogen-bond acceptors (Lipinski definition) is 3. The molecule has 116 valence electrons. The maximum Gasteiger partial charge on any atom is -0.000960 e. The summed E-state index contributed by atoms with van der Waals surface area (Å²) in [5.41, 5.74) is 0. The van der Waals surface area contributed by atoms with Crippen molar-refractivity contribution in [1.82, 2.24) is 15.1 Å². The largest absolute Gasteiger partial charge is 0.316 e. The van der Waals surface area contributed by atoms with E-state index in [0.717, 1.165) is 12.5 Å². The summed E-state index contributed by atoms with van der Waals surface area (Å²) < 4.78 is 0. The van der Waals surface area contributed by atoms with Crippen LogP contribution < -0.4 is 5.32 Å². The number of unbranched alkanes of at least 4 members (excludes halogenated alkanes) is 3. The Hall–Kier alpha value is -0.120. The first-order chi connectivity index (χ1) is 9.02. The van der Waals surface area contributed by atoms with Crippen molar-refractivity contribution >= 4 is 0 Å². The van der Waals surface area contributed by atoms with E-state index in [1.165, 1.54) is 58.3 Å². The first-order valence-corrected chi connectivity index (χ1v) is 8.06. The molecule has 0 spiro atoms. The zero-order valence-electron chi connectivity index (χ0n) is 14.0. The van der Waals surface area contributed by atoms with Crippen LogP contribution in [0, 0.1) is 5.92 Å². The number of rotatable bonds is 13. The smallest absolute Gasteiger partial charge is 0.000960 e.